The van der Waals surface area contributed by atoms with E-state index in [-0.39, 0.29) is 11.2 Å². The summed E-state index contributed by atoms with van der Waals surface area (Å²) in [5.41, 5.74) is -0.340. The zero-order valence-electron chi connectivity index (χ0n) is 12.5. The molecule has 0 aromatic heterocycles. The molecule has 1 heterocycles. The van der Waals surface area contributed by atoms with Gasteiger partial charge in [-0.1, -0.05) is 20.8 Å². The summed E-state index contributed by atoms with van der Waals surface area (Å²) in [6.07, 6.45) is 0. The summed E-state index contributed by atoms with van der Waals surface area (Å²) in [5.74, 6) is 0.191. The van der Waals surface area contributed by atoms with Crippen molar-refractivity contribution >= 4 is 16.0 Å². The molecule has 112 valence electrons. The van der Waals surface area contributed by atoms with Crippen molar-refractivity contribution in [2.75, 3.05) is 46.8 Å². The molecule has 1 fully saturated rings. The summed E-state index contributed by atoms with van der Waals surface area (Å²) in [6, 6.07) is 0. The van der Waals surface area contributed by atoms with E-state index in [2.05, 4.69) is 0 Å². The maximum absolute atomic E-state index is 11.9. The van der Waals surface area contributed by atoms with Crippen molar-refractivity contribution in [3.8, 4) is 0 Å². The number of ketones is 1. The van der Waals surface area contributed by atoms with Gasteiger partial charge in [-0.3, -0.25) is 9.69 Å². The normalized spacial score (nSPS) is 19.9. The first-order valence-corrected chi connectivity index (χ1v) is 7.88. The lowest BCUT2D eigenvalue weighted by atomic mass is 9.90. The van der Waals surface area contributed by atoms with Crippen LogP contribution in [0.2, 0.25) is 0 Å². The van der Waals surface area contributed by atoms with Gasteiger partial charge in [0.15, 0.2) is 5.78 Å². The van der Waals surface area contributed by atoms with E-state index in [1.807, 2.05) is 25.7 Å². The van der Waals surface area contributed by atoms with Gasteiger partial charge in [-0.05, 0) is 0 Å². The van der Waals surface area contributed by atoms with Gasteiger partial charge in [0.2, 0.25) is 0 Å². The number of piperazine rings is 1. The number of rotatable bonds is 4. The lowest BCUT2D eigenvalue weighted by Gasteiger charge is -2.35. The van der Waals surface area contributed by atoms with Crippen molar-refractivity contribution in [1.29, 1.82) is 0 Å². The van der Waals surface area contributed by atoms with E-state index in [0.29, 0.717) is 32.7 Å². The molecule has 1 rings (SSSR count). The fourth-order valence-electron chi connectivity index (χ4n) is 1.79. The third kappa shape index (κ3) is 4.24. The van der Waals surface area contributed by atoms with Gasteiger partial charge in [0.1, 0.15) is 0 Å². The first-order valence-electron chi connectivity index (χ1n) is 6.48. The highest BCUT2D eigenvalue weighted by Crippen LogP contribution is 2.16. The van der Waals surface area contributed by atoms with Gasteiger partial charge >= 0.3 is 0 Å². The molecule has 0 bridgehead atoms. The van der Waals surface area contributed by atoms with E-state index in [9.17, 15) is 13.2 Å². The Morgan fingerprint density at radius 1 is 1.11 bits per heavy atom. The minimum absolute atomic E-state index is 0.191. The summed E-state index contributed by atoms with van der Waals surface area (Å²) in [4.78, 5) is 14.0. The summed E-state index contributed by atoms with van der Waals surface area (Å²) in [5, 5.41) is 0. The molecule has 0 saturated carbocycles. The first kappa shape index (κ1) is 16.6. The lowest BCUT2D eigenvalue weighted by Crippen LogP contribution is -2.53. The molecular formula is C12H25N3O3S. The minimum atomic E-state index is -3.33. The predicted octanol–water partition coefficient (Wildman–Crippen LogP) is 0.0256. The van der Waals surface area contributed by atoms with Crippen LogP contribution in [0.3, 0.4) is 0 Å². The fourth-order valence-corrected chi connectivity index (χ4v) is 2.88. The quantitative estimate of drug-likeness (QED) is 0.733. The van der Waals surface area contributed by atoms with Crippen molar-refractivity contribution in [3.05, 3.63) is 0 Å². The number of nitrogens with zero attached hydrogens (tertiary/aromatic N) is 3. The maximum Gasteiger partial charge on any atom is 0.281 e. The summed E-state index contributed by atoms with van der Waals surface area (Å²) < 4.78 is 26.6. The molecular weight excluding hydrogens is 266 g/mol. The van der Waals surface area contributed by atoms with E-state index >= 15 is 0 Å². The molecule has 1 aliphatic rings. The van der Waals surface area contributed by atoms with Gasteiger partial charge < -0.3 is 0 Å². The molecule has 1 saturated heterocycles. The molecule has 0 amide bonds. The number of Topliss-reactive ketones (excluding diaryl/α,β-unsaturated/α-hetero) is 1. The van der Waals surface area contributed by atoms with Crippen LogP contribution in [-0.4, -0.2) is 74.5 Å². The van der Waals surface area contributed by atoms with E-state index in [4.69, 9.17) is 0 Å². The van der Waals surface area contributed by atoms with Gasteiger partial charge in [0.05, 0.1) is 6.54 Å². The second kappa shape index (κ2) is 5.87. The topological polar surface area (TPSA) is 60.9 Å². The fraction of sp³-hybridized carbons (Fsp3) is 0.917. The second-order valence-corrected chi connectivity index (χ2v) is 8.28. The largest absolute Gasteiger partial charge is 0.298 e. The SMILES string of the molecule is CN(C)S(=O)(=O)N1CCN(CC(=O)C(C)(C)C)CC1. The van der Waals surface area contributed by atoms with E-state index in [1.165, 1.54) is 22.7 Å². The molecule has 7 heteroatoms. The van der Waals surface area contributed by atoms with E-state index < -0.39 is 10.2 Å². The Hall–Kier alpha value is -0.500. The van der Waals surface area contributed by atoms with Gasteiger partial charge in [-0.2, -0.15) is 17.0 Å². The van der Waals surface area contributed by atoms with E-state index in [1.54, 1.807) is 0 Å². The molecule has 0 atom stereocenters. The highest BCUT2D eigenvalue weighted by Gasteiger charge is 2.30. The third-order valence-electron chi connectivity index (χ3n) is 3.32. The summed E-state index contributed by atoms with van der Waals surface area (Å²) >= 11 is 0. The van der Waals surface area contributed by atoms with Gasteiger partial charge in [-0.15, -0.1) is 0 Å². The van der Waals surface area contributed by atoms with Crippen LogP contribution in [0.5, 0.6) is 0 Å². The number of carbonyl (C=O) groups is 1. The molecule has 0 unspecified atom stereocenters. The van der Waals surface area contributed by atoms with Gasteiger partial charge in [0.25, 0.3) is 10.2 Å². The van der Waals surface area contributed by atoms with Crippen molar-refractivity contribution in [2.45, 2.75) is 20.8 Å². The molecule has 6 nitrogen and oxygen atoms in total. The van der Waals surface area contributed by atoms with E-state index in [0.717, 1.165) is 0 Å². The Morgan fingerprint density at radius 2 is 1.58 bits per heavy atom. The maximum atomic E-state index is 11.9. The van der Waals surface area contributed by atoms with Crippen molar-refractivity contribution in [1.82, 2.24) is 13.5 Å². The van der Waals surface area contributed by atoms with Crippen LogP contribution >= 0.6 is 0 Å². The lowest BCUT2D eigenvalue weighted by molar-refractivity contribution is -0.127. The minimum Gasteiger partial charge on any atom is -0.298 e. The summed E-state index contributed by atoms with van der Waals surface area (Å²) in [6.45, 7) is 8.21. The molecule has 0 radical (unpaired) electrons. The van der Waals surface area contributed by atoms with Crippen molar-refractivity contribution < 1.29 is 13.2 Å². The van der Waals surface area contributed by atoms with Crippen LogP contribution in [0.4, 0.5) is 0 Å². The van der Waals surface area contributed by atoms with Crippen LogP contribution in [0, 0.1) is 5.41 Å². The molecule has 1 aliphatic heterocycles. The standard InChI is InChI=1S/C12H25N3O3S/c1-12(2,3)11(16)10-14-6-8-15(9-7-14)19(17,18)13(4)5/h6-10H2,1-5H3. The Balaban J connectivity index is 2.53. The highest BCUT2D eigenvalue weighted by molar-refractivity contribution is 7.86. The number of hydrogen-bond acceptors (Lipinski definition) is 4. The average molecular weight is 291 g/mol. The van der Waals surface area contributed by atoms with Crippen molar-refractivity contribution in [3.63, 3.8) is 0 Å². The first-order chi connectivity index (χ1) is 8.55. The average Bonchev–Trinajstić information content (AvgIpc) is 2.28. The zero-order valence-corrected chi connectivity index (χ0v) is 13.3. The predicted molar refractivity (Wildman–Crippen MR) is 75.1 cm³/mol. The smallest absolute Gasteiger partial charge is 0.281 e. The Labute approximate surface area is 116 Å². The van der Waals surface area contributed by atoms with Crippen LogP contribution in [0.25, 0.3) is 0 Å². The molecule has 0 aromatic rings. The number of hydrogen-bond donors (Lipinski definition) is 0. The van der Waals surface area contributed by atoms with Crippen LogP contribution in [0.1, 0.15) is 20.8 Å². The Bertz CT molecular complexity index is 418. The Morgan fingerprint density at radius 3 is 1.95 bits per heavy atom. The van der Waals surface area contributed by atoms with Gasteiger partial charge in [-0.25, -0.2) is 0 Å². The van der Waals surface area contributed by atoms with Crippen LogP contribution in [0.15, 0.2) is 0 Å². The molecule has 0 aromatic carbocycles. The molecule has 0 spiro atoms. The number of carbonyl (C=O) groups excluding carboxylic acids is 1. The monoisotopic (exact) mass is 291 g/mol. The van der Waals surface area contributed by atoms with Crippen LogP contribution in [-0.2, 0) is 15.0 Å². The van der Waals surface area contributed by atoms with Crippen LogP contribution < -0.4 is 0 Å². The second-order valence-electron chi connectivity index (χ2n) is 6.14. The molecule has 0 aliphatic carbocycles. The highest BCUT2D eigenvalue weighted by atomic mass is 32.2. The van der Waals surface area contributed by atoms with Gasteiger partial charge in [0, 0.05) is 45.7 Å². The van der Waals surface area contributed by atoms with Crippen molar-refractivity contribution in [2.24, 2.45) is 5.41 Å². The summed E-state index contributed by atoms with van der Waals surface area (Å²) in [7, 11) is -0.260. The zero-order chi connectivity index (χ0) is 14.8. The third-order valence-corrected chi connectivity index (χ3v) is 5.26. The Kier molecular flexibility index (Phi) is 5.11. The molecule has 0 N–H and O–H groups in total. The molecule has 19 heavy (non-hydrogen) atoms.